The number of amides is 1. The van der Waals surface area contributed by atoms with Crippen LogP contribution in [-0.4, -0.2) is 45.5 Å². The van der Waals surface area contributed by atoms with Crippen molar-refractivity contribution in [1.82, 2.24) is 20.0 Å². The third-order valence-corrected chi connectivity index (χ3v) is 4.57. The minimum Gasteiger partial charge on any atom is -0.468 e. The number of furan rings is 1. The fourth-order valence-corrected chi connectivity index (χ4v) is 3.38. The van der Waals surface area contributed by atoms with Crippen LogP contribution in [-0.2, 0) is 19.5 Å². The zero-order valence-corrected chi connectivity index (χ0v) is 12.5. The predicted octanol–water partition coefficient (Wildman–Crippen LogP) is 1.80. The molecule has 6 nitrogen and oxygen atoms in total. The third kappa shape index (κ3) is 2.43. The first kappa shape index (κ1) is 13.6. The van der Waals surface area contributed by atoms with E-state index in [0.29, 0.717) is 5.69 Å². The Morgan fingerprint density at radius 3 is 2.95 bits per heavy atom. The van der Waals surface area contributed by atoms with Crippen LogP contribution in [0.15, 0.2) is 22.8 Å². The van der Waals surface area contributed by atoms with Gasteiger partial charge in [-0.25, -0.2) is 0 Å². The molecular weight excluding hydrogens is 280 g/mol. The second-order valence-corrected chi connectivity index (χ2v) is 6.07. The Morgan fingerprint density at radius 1 is 1.32 bits per heavy atom. The van der Waals surface area contributed by atoms with Gasteiger partial charge in [0.05, 0.1) is 18.5 Å². The summed E-state index contributed by atoms with van der Waals surface area (Å²) in [6.45, 7) is 4.24. The number of carbonyl (C=O) groups excluding carboxylic acids is 1. The molecule has 0 aliphatic carbocycles. The van der Waals surface area contributed by atoms with Crippen molar-refractivity contribution >= 4 is 5.91 Å². The van der Waals surface area contributed by atoms with Crippen LogP contribution >= 0.6 is 0 Å². The number of nitrogens with zero attached hydrogens (tertiary/aromatic N) is 3. The van der Waals surface area contributed by atoms with E-state index < -0.39 is 0 Å². The van der Waals surface area contributed by atoms with E-state index in [1.54, 1.807) is 6.26 Å². The first-order chi connectivity index (χ1) is 10.8. The van der Waals surface area contributed by atoms with Crippen molar-refractivity contribution in [2.45, 2.75) is 32.4 Å². The van der Waals surface area contributed by atoms with Crippen molar-refractivity contribution in [2.24, 2.45) is 0 Å². The monoisotopic (exact) mass is 300 g/mol. The van der Waals surface area contributed by atoms with E-state index in [-0.39, 0.29) is 5.91 Å². The minimum atomic E-state index is 0.0921. The van der Waals surface area contributed by atoms with E-state index in [2.05, 4.69) is 15.1 Å². The lowest BCUT2D eigenvalue weighted by Gasteiger charge is -2.26. The average Bonchev–Trinajstić information content (AvgIpc) is 3.28. The lowest BCUT2D eigenvalue weighted by molar-refractivity contribution is 0.0785. The number of aromatic amines is 1. The van der Waals surface area contributed by atoms with Gasteiger partial charge < -0.3 is 9.32 Å². The van der Waals surface area contributed by atoms with Crippen LogP contribution in [0.1, 0.15) is 40.3 Å². The first-order valence-corrected chi connectivity index (χ1v) is 7.91. The maximum Gasteiger partial charge on any atom is 0.274 e. The summed E-state index contributed by atoms with van der Waals surface area (Å²) in [6.07, 6.45) is 4.78. The molecule has 2 aliphatic rings. The molecule has 1 saturated heterocycles. The molecule has 2 aromatic rings. The molecule has 1 amide bonds. The van der Waals surface area contributed by atoms with Gasteiger partial charge in [-0.1, -0.05) is 0 Å². The second kappa shape index (κ2) is 5.61. The Balaban J connectivity index is 1.48. The van der Waals surface area contributed by atoms with E-state index >= 15 is 0 Å². The number of hydrogen-bond donors (Lipinski definition) is 1. The summed E-state index contributed by atoms with van der Waals surface area (Å²) < 4.78 is 5.41. The average molecular weight is 300 g/mol. The summed E-state index contributed by atoms with van der Waals surface area (Å²) in [6, 6.07) is 3.90. The largest absolute Gasteiger partial charge is 0.468 e. The highest BCUT2D eigenvalue weighted by molar-refractivity contribution is 5.94. The number of hydrogen-bond acceptors (Lipinski definition) is 4. The van der Waals surface area contributed by atoms with Gasteiger partial charge in [0.25, 0.3) is 5.91 Å². The van der Waals surface area contributed by atoms with Gasteiger partial charge in [-0.15, -0.1) is 0 Å². The molecule has 0 bridgehead atoms. The van der Waals surface area contributed by atoms with Crippen LogP contribution in [0.4, 0.5) is 0 Å². The number of aromatic nitrogens is 2. The van der Waals surface area contributed by atoms with Gasteiger partial charge in [-0.2, -0.15) is 5.10 Å². The fraction of sp³-hybridized carbons (Fsp3) is 0.500. The van der Waals surface area contributed by atoms with Crippen molar-refractivity contribution < 1.29 is 9.21 Å². The quantitative estimate of drug-likeness (QED) is 0.938. The molecule has 4 rings (SSSR count). The zero-order valence-electron chi connectivity index (χ0n) is 12.5. The van der Waals surface area contributed by atoms with Gasteiger partial charge in [-0.3, -0.25) is 14.8 Å². The second-order valence-electron chi connectivity index (χ2n) is 6.07. The molecule has 0 atom stereocenters. The molecule has 4 heterocycles. The highest BCUT2D eigenvalue weighted by Crippen LogP contribution is 2.23. The van der Waals surface area contributed by atoms with E-state index in [0.717, 1.165) is 69.0 Å². The molecule has 0 radical (unpaired) electrons. The molecule has 0 unspecified atom stereocenters. The van der Waals surface area contributed by atoms with Crippen LogP contribution in [0.2, 0.25) is 0 Å². The van der Waals surface area contributed by atoms with E-state index in [4.69, 9.17) is 4.42 Å². The van der Waals surface area contributed by atoms with Gasteiger partial charge in [-0.05, 0) is 31.4 Å². The van der Waals surface area contributed by atoms with Crippen LogP contribution in [0, 0.1) is 0 Å². The molecule has 0 saturated carbocycles. The van der Waals surface area contributed by atoms with Gasteiger partial charge in [0.1, 0.15) is 5.76 Å². The van der Waals surface area contributed by atoms with Crippen molar-refractivity contribution in [3.63, 3.8) is 0 Å². The molecule has 116 valence electrons. The highest BCUT2D eigenvalue weighted by atomic mass is 16.3. The van der Waals surface area contributed by atoms with Gasteiger partial charge in [0.15, 0.2) is 5.69 Å². The molecule has 1 N–H and O–H groups in total. The number of likely N-dealkylation sites (tertiary alicyclic amines) is 1. The normalized spacial score (nSPS) is 18.6. The summed E-state index contributed by atoms with van der Waals surface area (Å²) >= 11 is 0. The highest BCUT2D eigenvalue weighted by Gasteiger charge is 2.29. The lowest BCUT2D eigenvalue weighted by Crippen LogP contribution is -2.32. The number of nitrogens with one attached hydrogen (secondary N) is 1. The topological polar surface area (TPSA) is 65.4 Å². The zero-order chi connectivity index (χ0) is 14.9. The Bertz CT molecular complexity index is 656. The minimum absolute atomic E-state index is 0.0921. The van der Waals surface area contributed by atoms with Crippen molar-refractivity contribution in [3.05, 3.63) is 41.1 Å². The van der Waals surface area contributed by atoms with Gasteiger partial charge >= 0.3 is 0 Å². The Kier molecular flexibility index (Phi) is 3.46. The van der Waals surface area contributed by atoms with E-state index in [1.807, 2.05) is 17.0 Å². The van der Waals surface area contributed by atoms with Crippen molar-refractivity contribution in [3.8, 4) is 0 Å². The van der Waals surface area contributed by atoms with E-state index in [9.17, 15) is 4.79 Å². The van der Waals surface area contributed by atoms with Gasteiger partial charge in [0, 0.05) is 31.7 Å². The maximum atomic E-state index is 12.5. The van der Waals surface area contributed by atoms with Crippen LogP contribution in [0.25, 0.3) is 0 Å². The summed E-state index contributed by atoms with van der Waals surface area (Å²) in [5, 5.41) is 7.38. The smallest absolute Gasteiger partial charge is 0.274 e. The summed E-state index contributed by atoms with van der Waals surface area (Å²) in [5.41, 5.74) is 2.81. The Hall–Kier alpha value is -2.08. The van der Waals surface area contributed by atoms with Crippen molar-refractivity contribution in [1.29, 1.82) is 0 Å². The molecule has 2 aromatic heterocycles. The summed E-state index contributed by atoms with van der Waals surface area (Å²) in [7, 11) is 0. The first-order valence-electron chi connectivity index (χ1n) is 7.91. The molecule has 1 fully saturated rings. The van der Waals surface area contributed by atoms with Crippen LogP contribution < -0.4 is 0 Å². The molecule has 22 heavy (non-hydrogen) atoms. The number of rotatable bonds is 3. The standard InChI is InChI=1S/C16H20N4O2/c21-16(20-6-1-2-7-20)15-13-5-8-19(11-14(13)17-18-15)10-12-4-3-9-22-12/h3-4,9H,1-2,5-8,10-11H2,(H,17,18). The molecular formula is C16H20N4O2. The van der Waals surface area contributed by atoms with Crippen LogP contribution in [0.5, 0.6) is 0 Å². The van der Waals surface area contributed by atoms with Crippen molar-refractivity contribution in [2.75, 3.05) is 19.6 Å². The molecule has 2 aliphatic heterocycles. The predicted molar refractivity (Wildman–Crippen MR) is 80.3 cm³/mol. The third-order valence-electron chi connectivity index (χ3n) is 4.57. The lowest BCUT2D eigenvalue weighted by atomic mass is 10.0. The maximum absolute atomic E-state index is 12.5. The van der Waals surface area contributed by atoms with E-state index in [1.165, 1.54) is 0 Å². The Labute approximate surface area is 129 Å². The van der Waals surface area contributed by atoms with Gasteiger partial charge in [0.2, 0.25) is 0 Å². The number of carbonyl (C=O) groups is 1. The number of fused-ring (bicyclic) bond motifs is 1. The summed E-state index contributed by atoms with van der Waals surface area (Å²) in [4.78, 5) is 16.8. The molecule has 0 aromatic carbocycles. The van der Waals surface area contributed by atoms with Crippen LogP contribution in [0.3, 0.4) is 0 Å². The molecule has 0 spiro atoms. The SMILES string of the molecule is O=C(c1n[nH]c2c1CCN(Cc1ccco1)C2)N1CCCC1. The number of H-pyrrole nitrogens is 1. The molecule has 6 heteroatoms. The fourth-order valence-electron chi connectivity index (χ4n) is 3.38. The summed E-state index contributed by atoms with van der Waals surface area (Å²) in [5.74, 6) is 1.06. The Morgan fingerprint density at radius 2 is 2.18 bits per heavy atom.